The highest BCUT2D eigenvalue weighted by molar-refractivity contribution is 8.18. The number of thioether (sulfide) groups is 1. The van der Waals surface area contributed by atoms with Crippen LogP contribution >= 0.6 is 46.6 Å². The predicted octanol–water partition coefficient (Wildman–Crippen LogP) is 8.19. The second kappa shape index (κ2) is 9.75. The molecule has 0 unspecified atom stereocenters. The Hall–Kier alpha value is -2.70. The zero-order chi connectivity index (χ0) is 24.7. The van der Waals surface area contributed by atoms with E-state index < -0.39 is 0 Å². The van der Waals surface area contributed by atoms with Crippen molar-refractivity contribution in [3.63, 3.8) is 0 Å². The largest absolute Gasteiger partial charge is 0.340 e. The van der Waals surface area contributed by atoms with Gasteiger partial charge in [-0.1, -0.05) is 71.2 Å². The first-order valence-corrected chi connectivity index (χ1v) is 12.8. The van der Waals surface area contributed by atoms with Crippen LogP contribution in [0, 0.1) is 6.92 Å². The van der Waals surface area contributed by atoms with Crippen LogP contribution in [0.1, 0.15) is 22.4 Å². The molecule has 2 heterocycles. The van der Waals surface area contributed by atoms with E-state index in [9.17, 15) is 9.59 Å². The minimum absolute atomic E-state index is 0.203. The SMILES string of the molecule is Cc1c(/C=C2/SC(=O)N(Cc3ccc(Cl)cc3)C2=O)c2ccccc2n1Cc1ccc(Cl)cc1Cl. The van der Waals surface area contributed by atoms with Crippen LogP contribution in [0.3, 0.4) is 0 Å². The highest BCUT2D eigenvalue weighted by Crippen LogP contribution is 2.37. The lowest BCUT2D eigenvalue weighted by molar-refractivity contribution is -0.123. The zero-order valence-corrected chi connectivity index (χ0v) is 21.7. The van der Waals surface area contributed by atoms with Crippen molar-refractivity contribution >= 4 is 74.7 Å². The van der Waals surface area contributed by atoms with Crippen LogP contribution in [-0.4, -0.2) is 20.6 Å². The summed E-state index contributed by atoms with van der Waals surface area (Å²) in [6.07, 6.45) is 1.82. The van der Waals surface area contributed by atoms with E-state index in [2.05, 4.69) is 4.57 Å². The van der Waals surface area contributed by atoms with Gasteiger partial charge in [0.15, 0.2) is 0 Å². The molecule has 176 valence electrons. The quantitative estimate of drug-likeness (QED) is 0.239. The van der Waals surface area contributed by atoms with Crippen molar-refractivity contribution in [1.82, 2.24) is 9.47 Å². The second-order valence-corrected chi connectivity index (χ2v) is 10.5. The summed E-state index contributed by atoms with van der Waals surface area (Å²) in [6, 6.07) is 20.6. The summed E-state index contributed by atoms with van der Waals surface area (Å²) < 4.78 is 2.16. The van der Waals surface area contributed by atoms with Crippen molar-refractivity contribution in [1.29, 1.82) is 0 Å². The summed E-state index contributed by atoms with van der Waals surface area (Å²) in [7, 11) is 0. The topological polar surface area (TPSA) is 42.3 Å². The van der Waals surface area contributed by atoms with E-state index in [0.717, 1.165) is 45.0 Å². The zero-order valence-electron chi connectivity index (χ0n) is 18.6. The maximum Gasteiger partial charge on any atom is 0.293 e. The molecule has 0 saturated carbocycles. The molecule has 5 rings (SSSR count). The van der Waals surface area contributed by atoms with Gasteiger partial charge in [0, 0.05) is 43.8 Å². The Labute approximate surface area is 222 Å². The van der Waals surface area contributed by atoms with E-state index in [4.69, 9.17) is 34.8 Å². The number of rotatable bonds is 5. The number of benzene rings is 3. The molecule has 2 amide bonds. The van der Waals surface area contributed by atoms with Crippen molar-refractivity contribution in [2.24, 2.45) is 0 Å². The summed E-state index contributed by atoms with van der Waals surface area (Å²) in [5.74, 6) is -0.299. The van der Waals surface area contributed by atoms with Gasteiger partial charge in [0.1, 0.15) is 0 Å². The molecule has 3 aromatic carbocycles. The number of para-hydroxylation sites is 1. The third-order valence-electron chi connectivity index (χ3n) is 6.03. The van der Waals surface area contributed by atoms with Gasteiger partial charge in [0.25, 0.3) is 11.1 Å². The van der Waals surface area contributed by atoms with E-state index in [1.54, 1.807) is 18.2 Å². The Morgan fingerprint density at radius 2 is 1.60 bits per heavy atom. The van der Waals surface area contributed by atoms with Crippen molar-refractivity contribution in [3.05, 3.63) is 109 Å². The molecule has 35 heavy (non-hydrogen) atoms. The molecule has 0 N–H and O–H groups in total. The monoisotopic (exact) mass is 540 g/mol. The highest BCUT2D eigenvalue weighted by atomic mass is 35.5. The fourth-order valence-corrected chi connectivity index (χ4v) is 5.62. The normalized spacial score (nSPS) is 15.1. The van der Waals surface area contributed by atoms with Crippen molar-refractivity contribution in [2.75, 3.05) is 0 Å². The van der Waals surface area contributed by atoms with Gasteiger partial charge >= 0.3 is 0 Å². The number of amides is 2. The average Bonchev–Trinajstić information content (AvgIpc) is 3.25. The van der Waals surface area contributed by atoms with E-state index in [1.807, 2.05) is 61.5 Å². The van der Waals surface area contributed by atoms with Crippen LogP contribution < -0.4 is 0 Å². The summed E-state index contributed by atoms with van der Waals surface area (Å²) >= 11 is 19.4. The second-order valence-electron chi connectivity index (χ2n) is 8.23. The standard InChI is InChI=1S/C27H19Cl3N2O2S/c1-16-22(13-25-26(33)32(27(34)35-25)14-17-6-9-19(28)10-7-17)21-4-2-3-5-24(21)31(16)15-18-8-11-20(29)12-23(18)30/h2-13H,14-15H2,1H3/b25-13+. The molecule has 1 aromatic heterocycles. The number of hydrogen-bond donors (Lipinski definition) is 0. The van der Waals surface area contributed by atoms with Crippen LogP contribution in [0.5, 0.6) is 0 Å². The summed E-state index contributed by atoms with van der Waals surface area (Å²) in [4.78, 5) is 27.5. The molecule has 1 aliphatic heterocycles. The van der Waals surface area contributed by atoms with E-state index in [1.165, 1.54) is 4.90 Å². The molecule has 4 nitrogen and oxygen atoms in total. The molecular weight excluding hydrogens is 523 g/mol. The number of halogens is 3. The molecule has 1 fully saturated rings. The highest BCUT2D eigenvalue weighted by Gasteiger charge is 2.35. The van der Waals surface area contributed by atoms with Gasteiger partial charge in [0.05, 0.1) is 11.4 Å². The number of imide groups is 1. The molecule has 0 aliphatic carbocycles. The van der Waals surface area contributed by atoms with Crippen LogP contribution in [0.4, 0.5) is 4.79 Å². The maximum atomic E-state index is 13.2. The molecule has 0 bridgehead atoms. The number of hydrogen-bond acceptors (Lipinski definition) is 3. The molecule has 1 saturated heterocycles. The molecule has 1 aliphatic rings. The number of fused-ring (bicyclic) bond motifs is 1. The van der Waals surface area contributed by atoms with Gasteiger partial charge in [0.2, 0.25) is 0 Å². The van der Waals surface area contributed by atoms with Gasteiger partial charge in [-0.2, -0.15) is 0 Å². The molecule has 0 spiro atoms. The lowest BCUT2D eigenvalue weighted by Crippen LogP contribution is -2.27. The minimum Gasteiger partial charge on any atom is -0.340 e. The van der Waals surface area contributed by atoms with Gasteiger partial charge in [-0.15, -0.1) is 0 Å². The molecule has 0 atom stereocenters. The predicted molar refractivity (Wildman–Crippen MR) is 145 cm³/mol. The van der Waals surface area contributed by atoms with E-state index in [0.29, 0.717) is 26.5 Å². The lowest BCUT2D eigenvalue weighted by atomic mass is 10.1. The van der Waals surface area contributed by atoms with Crippen molar-refractivity contribution < 1.29 is 9.59 Å². The first-order valence-electron chi connectivity index (χ1n) is 10.8. The molecule has 4 aromatic rings. The Morgan fingerprint density at radius 1 is 0.886 bits per heavy atom. The molecular formula is C27H19Cl3N2O2S. The fraction of sp³-hybridized carbons (Fsp3) is 0.111. The lowest BCUT2D eigenvalue weighted by Gasteiger charge is -2.12. The van der Waals surface area contributed by atoms with Crippen LogP contribution in [0.15, 0.2) is 71.6 Å². The van der Waals surface area contributed by atoms with Crippen LogP contribution in [0.25, 0.3) is 17.0 Å². The Morgan fingerprint density at radius 3 is 2.34 bits per heavy atom. The number of carbonyl (C=O) groups excluding carboxylic acids is 2. The third-order valence-corrected chi connectivity index (χ3v) is 7.77. The van der Waals surface area contributed by atoms with Crippen LogP contribution in [-0.2, 0) is 17.9 Å². The van der Waals surface area contributed by atoms with Crippen molar-refractivity contribution in [3.8, 4) is 0 Å². The van der Waals surface area contributed by atoms with Gasteiger partial charge in [-0.25, -0.2) is 0 Å². The minimum atomic E-state index is -0.299. The number of carbonyl (C=O) groups is 2. The summed E-state index contributed by atoms with van der Waals surface area (Å²) in [5, 5.41) is 2.50. The fourth-order valence-electron chi connectivity index (χ4n) is 4.20. The first kappa shape index (κ1) is 24.0. The number of nitrogens with zero attached hydrogens (tertiary/aromatic N) is 2. The van der Waals surface area contributed by atoms with Gasteiger partial charge < -0.3 is 4.57 Å². The van der Waals surface area contributed by atoms with Crippen molar-refractivity contribution in [2.45, 2.75) is 20.0 Å². The van der Waals surface area contributed by atoms with E-state index >= 15 is 0 Å². The van der Waals surface area contributed by atoms with Crippen LogP contribution in [0.2, 0.25) is 15.1 Å². The average molecular weight is 542 g/mol. The van der Waals surface area contributed by atoms with Gasteiger partial charge in [-0.3, -0.25) is 14.5 Å². The first-order chi connectivity index (χ1) is 16.8. The Bertz CT molecular complexity index is 1510. The summed E-state index contributed by atoms with van der Waals surface area (Å²) in [5.41, 5.74) is 4.67. The summed E-state index contributed by atoms with van der Waals surface area (Å²) in [6.45, 7) is 2.76. The number of aromatic nitrogens is 1. The molecule has 0 radical (unpaired) electrons. The van der Waals surface area contributed by atoms with E-state index in [-0.39, 0.29) is 17.7 Å². The third kappa shape index (κ3) is 4.74. The Balaban J connectivity index is 1.51. The Kier molecular flexibility index (Phi) is 6.69. The molecule has 8 heteroatoms. The maximum absolute atomic E-state index is 13.2. The smallest absolute Gasteiger partial charge is 0.293 e. The van der Waals surface area contributed by atoms with Gasteiger partial charge in [-0.05, 0) is 66.2 Å².